The summed E-state index contributed by atoms with van der Waals surface area (Å²) in [5.74, 6) is 2.06. The van der Waals surface area contributed by atoms with Crippen LogP contribution in [0.5, 0.6) is 0 Å². The van der Waals surface area contributed by atoms with Gasteiger partial charge >= 0.3 is 0 Å². The van der Waals surface area contributed by atoms with Gasteiger partial charge in [0.2, 0.25) is 0 Å². The lowest BCUT2D eigenvalue weighted by molar-refractivity contribution is 1.08. The van der Waals surface area contributed by atoms with E-state index in [0.717, 1.165) is 33.6 Å². The van der Waals surface area contributed by atoms with E-state index in [0.29, 0.717) is 11.6 Å². The van der Waals surface area contributed by atoms with E-state index < -0.39 is 8.07 Å². The van der Waals surface area contributed by atoms with Crippen LogP contribution < -0.4 is 10.4 Å². The molecule has 49 heavy (non-hydrogen) atoms. The Morgan fingerprint density at radius 1 is 0.347 bits per heavy atom. The van der Waals surface area contributed by atoms with Crippen LogP contribution >= 0.6 is 0 Å². The third-order valence-electron chi connectivity index (χ3n) is 9.93. The molecule has 4 heteroatoms. The summed E-state index contributed by atoms with van der Waals surface area (Å²) in [6, 6.07) is 58.2. The predicted octanol–water partition coefficient (Wildman–Crippen LogP) is 10.2. The Balaban J connectivity index is 1.17. The molecule has 0 radical (unpaired) electrons. The molecule has 0 saturated heterocycles. The van der Waals surface area contributed by atoms with Crippen LogP contribution in [0.4, 0.5) is 0 Å². The highest BCUT2D eigenvalue weighted by atomic mass is 28.3. The Bertz CT molecular complexity index is 2500. The van der Waals surface area contributed by atoms with Crippen LogP contribution in [0.25, 0.3) is 78.3 Å². The van der Waals surface area contributed by atoms with Gasteiger partial charge in [-0.05, 0) is 60.6 Å². The van der Waals surface area contributed by atoms with E-state index in [1.165, 1.54) is 43.4 Å². The molecule has 0 spiro atoms. The van der Waals surface area contributed by atoms with Gasteiger partial charge in [0, 0.05) is 16.7 Å². The van der Waals surface area contributed by atoms with Crippen molar-refractivity contribution in [3.05, 3.63) is 164 Å². The van der Waals surface area contributed by atoms with E-state index >= 15 is 0 Å². The number of benzene rings is 7. The fraction of sp³-hybridized carbons (Fsp3) is 0.0444. The van der Waals surface area contributed by atoms with E-state index in [2.05, 4.69) is 171 Å². The summed E-state index contributed by atoms with van der Waals surface area (Å²) in [6.45, 7) is 4.88. The third kappa shape index (κ3) is 5.09. The number of fused-ring (bicyclic) bond motifs is 4. The topological polar surface area (TPSA) is 38.7 Å². The van der Waals surface area contributed by atoms with Crippen LogP contribution in [-0.4, -0.2) is 23.0 Å². The van der Waals surface area contributed by atoms with Crippen molar-refractivity contribution in [1.82, 2.24) is 15.0 Å². The average Bonchev–Trinajstić information content (AvgIpc) is 3.41. The maximum atomic E-state index is 5.21. The minimum absolute atomic E-state index is 0.671. The van der Waals surface area contributed by atoms with E-state index in [1.54, 1.807) is 0 Å². The molecule has 1 aliphatic heterocycles. The molecule has 0 fully saturated rings. The van der Waals surface area contributed by atoms with Crippen molar-refractivity contribution < 1.29 is 0 Å². The zero-order chi connectivity index (χ0) is 33.0. The molecule has 7 aromatic carbocycles. The molecule has 0 bridgehead atoms. The molecule has 0 N–H and O–H groups in total. The molecule has 1 aromatic heterocycles. The highest BCUT2D eigenvalue weighted by molar-refractivity contribution is 7.04. The Hall–Kier alpha value is -5.97. The first-order chi connectivity index (χ1) is 24.0. The fourth-order valence-electron chi connectivity index (χ4n) is 7.41. The van der Waals surface area contributed by atoms with E-state index in [-0.39, 0.29) is 0 Å². The van der Waals surface area contributed by atoms with Gasteiger partial charge in [0.05, 0.1) is 0 Å². The summed E-state index contributed by atoms with van der Waals surface area (Å²) in [7, 11) is -2.01. The van der Waals surface area contributed by atoms with E-state index in [1.807, 2.05) is 6.07 Å². The standard InChI is InChI=1S/C45H33N3Si/c1-49(2)41-18-9-8-15-38(41)39-16-10-17-40(42(39)49)45-47-43(34-24-19-32(20-25-34)30-11-4-3-5-12-30)46-44(48-45)35-26-21-33(22-27-35)37-28-23-31-13-6-7-14-36(31)29-37/h3-29H,1-2H3. The summed E-state index contributed by atoms with van der Waals surface area (Å²) in [5.41, 5.74) is 10.4. The van der Waals surface area contributed by atoms with Gasteiger partial charge in [0.1, 0.15) is 8.07 Å². The van der Waals surface area contributed by atoms with Crippen molar-refractivity contribution in [1.29, 1.82) is 0 Å². The minimum Gasteiger partial charge on any atom is -0.208 e. The highest BCUT2D eigenvalue weighted by Gasteiger charge is 2.39. The zero-order valence-electron chi connectivity index (χ0n) is 27.4. The van der Waals surface area contributed by atoms with Gasteiger partial charge in [-0.2, -0.15) is 0 Å². The highest BCUT2D eigenvalue weighted by Crippen LogP contribution is 2.34. The van der Waals surface area contributed by atoms with E-state index in [4.69, 9.17) is 15.0 Å². The Morgan fingerprint density at radius 3 is 1.55 bits per heavy atom. The molecule has 0 amide bonds. The molecule has 0 aliphatic carbocycles. The second-order valence-electron chi connectivity index (χ2n) is 13.3. The van der Waals surface area contributed by atoms with Gasteiger partial charge in [0.15, 0.2) is 17.5 Å². The van der Waals surface area contributed by atoms with Crippen LogP contribution in [-0.2, 0) is 0 Å². The molecule has 0 atom stereocenters. The quantitative estimate of drug-likeness (QED) is 0.175. The van der Waals surface area contributed by atoms with Gasteiger partial charge in [-0.3, -0.25) is 0 Å². The van der Waals surface area contributed by atoms with Crippen LogP contribution in [0, 0.1) is 0 Å². The average molecular weight is 644 g/mol. The largest absolute Gasteiger partial charge is 0.208 e. The first-order valence-corrected chi connectivity index (χ1v) is 19.8. The summed E-state index contributed by atoms with van der Waals surface area (Å²) < 4.78 is 0. The van der Waals surface area contributed by atoms with Gasteiger partial charge in [0.25, 0.3) is 0 Å². The number of hydrogen-bond donors (Lipinski definition) is 0. The van der Waals surface area contributed by atoms with Crippen LogP contribution in [0.1, 0.15) is 0 Å². The molecule has 0 saturated carbocycles. The van der Waals surface area contributed by atoms with Crippen molar-refractivity contribution in [2.24, 2.45) is 0 Å². The van der Waals surface area contributed by atoms with Gasteiger partial charge in [-0.25, -0.2) is 15.0 Å². The summed E-state index contributed by atoms with van der Waals surface area (Å²) >= 11 is 0. The monoisotopic (exact) mass is 643 g/mol. The third-order valence-corrected chi connectivity index (χ3v) is 13.5. The number of rotatable bonds is 5. The van der Waals surface area contributed by atoms with Crippen molar-refractivity contribution >= 4 is 29.2 Å². The first kappa shape index (κ1) is 29.2. The molecule has 3 nitrogen and oxygen atoms in total. The fourth-order valence-corrected chi connectivity index (χ4v) is 10.8. The maximum Gasteiger partial charge on any atom is 0.164 e. The van der Waals surface area contributed by atoms with Crippen molar-refractivity contribution in [2.75, 3.05) is 0 Å². The summed E-state index contributed by atoms with van der Waals surface area (Å²) in [5, 5.41) is 5.34. The van der Waals surface area contributed by atoms with Crippen LogP contribution in [0.15, 0.2) is 164 Å². The molecular weight excluding hydrogens is 611 g/mol. The lowest BCUT2D eigenvalue weighted by Gasteiger charge is -2.21. The minimum atomic E-state index is -2.01. The van der Waals surface area contributed by atoms with Gasteiger partial charge in [-0.1, -0.05) is 171 Å². The molecule has 0 unspecified atom stereocenters. The Labute approximate surface area is 287 Å². The normalized spacial score (nSPS) is 12.9. The number of nitrogens with zero attached hydrogens (tertiary/aromatic N) is 3. The number of aromatic nitrogens is 3. The molecule has 2 heterocycles. The second kappa shape index (κ2) is 11.6. The molecular formula is C45H33N3Si. The van der Waals surface area contributed by atoms with Crippen LogP contribution in [0.2, 0.25) is 13.1 Å². The molecule has 9 rings (SSSR count). The molecule has 8 aromatic rings. The first-order valence-electron chi connectivity index (χ1n) is 16.8. The number of hydrogen-bond acceptors (Lipinski definition) is 3. The van der Waals surface area contributed by atoms with Crippen molar-refractivity contribution in [3.8, 4) is 67.5 Å². The molecule has 232 valence electrons. The second-order valence-corrected chi connectivity index (χ2v) is 17.6. The lowest BCUT2D eigenvalue weighted by atomic mass is 10.00. The SMILES string of the molecule is C[Si]1(C)c2ccccc2-c2cccc(-c3nc(-c4ccc(-c5ccccc5)cc4)nc(-c4ccc(-c5ccc6ccccc6c5)cc4)n3)c21. The van der Waals surface area contributed by atoms with Crippen molar-refractivity contribution in [3.63, 3.8) is 0 Å². The van der Waals surface area contributed by atoms with Gasteiger partial charge < -0.3 is 0 Å². The zero-order valence-corrected chi connectivity index (χ0v) is 28.4. The maximum absolute atomic E-state index is 5.21. The smallest absolute Gasteiger partial charge is 0.164 e. The predicted molar refractivity (Wildman–Crippen MR) is 207 cm³/mol. The summed E-state index contributed by atoms with van der Waals surface area (Å²) in [4.78, 5) is 15.5. The lowest BCUT2D eigenvalue weighted by Crippen LogP contribution is -2.50. The molecule has 1 aliphatic rings. The van der Waals surface area contributed by atoms with Crippen molar-refractivity contribution in [2.45, 2.75) is 13.1 Å². The van der Waals surface area contributed by atoms with Crippen LogP contribution in [0.3, 0.4) is 0 Å². The van der Waals surface area contributed by atoms with E-state index in [9.17, 15) is 0 Å². The Morgan fingerprint density at radius 2 is 0.837 bits per heavy atom. The summed E-state index contributed by atoms with van der Waals surface area (Å²) in [6.07, 6.45) is 0. The Kier molecular flexibility index (Phi) is 6.92. The van der Waals surface area contributed by atoms with Gasteiger partial charge in [-0.15, -0.1) is 0 Å².